The predicted molar refractivity (Wildman–Crippen MR) is 83.0 cm³/mol. The Morgan fingerprint density at radius 3 is 2.29 bits per heavy atom. The van der Waals surface area contributed by atoms with Crippen LogP contribution in [0.1, 0.15) is 65.7 Å². The third-order valence-electron chi connectivity index (χ3n) is 3.58. The predicted octanol–water partition coefficient (Wildman–Crippen LogP) is 4.71. The van der Waals surface area contributed by atoms with Gasteiger partial charge in [0, 0.05) is 6.04 Å². The molecule has 0 rings (SSSR count). The van der Waals surface area contributed by atoms with Crippen molar-refractivity contribution in [3.05, 3.63) is 0 Å². The molecule has 0 saturated heterocycles. The summed E-state index contributed by atoms with van der Waals surface area (Å²) >= 11 is 1.97. The van der Waals surface area contributed by atoms with Gasteiger partial charge in [-0.05, 0) is 50.2 Å². The van der Waals surface area contributed by atoms with Crippen LogP contribution in [0, 0.1) is 5.92 Å². The van der Waals surface area contributed by atoms with Crippen LogP contribution in [-0.2, 0) is 0 Å². The standard InChI is InChI=1S/C15H33NS/c1-5-14(3)13-15(6-2)16-11-9-7-8-10-12-17-4/h14-16H,5-13H2,1-4H3. The summed E-state index contributed by atoms with van der Waals surface area (Å²) < 4.78 is 0. The monoisotopic (exact) mass is 259 g/mol. The molecule has 0 saturated carbocycles. The van der Waals surface area contributed by atoms with Crippen molar-refractivity contribution in [3.63, 3.8) is 0 Å². The highest BCUT2D eigenvalue weighted by molar-refractivity contribution is 7.98. The Morgan fingerprint density at radius 2 is 1.71 bits per heavy atom. The van der Waals surface area contributed by atoms with Crippen LogP contribution in [0.2, 0.25) is 0 Å². The first-order valence-electron chi connectivity index (χ1n) is 7.46. The first-order valence-corrected chi connectivity index (χ1v) is 8.86. The molecule has 0 amide bonds. The molecule has 2 atom stereocenters. The van der Waals surface area contributed by atoms with Gasteiger partial charge < -0.3 is 5.32 Å². The third kappa shape index (κ3) is 11.1. The zero-order valence-electron chi connectivity index (χ0n) is 12.4. The molecule has 0 fully saturated rings. The average molecular weight is 260 g/mol. The SMILES string of the molecule is CCC(C)CC(CC)NCCCCCCSC. The summed E-state index contributed by atoms with van der Waals surface area (Å²) in [4.78, 5) is 0. The van der Waals surface area contributed by atoms with Crippen molar-refractivity contribution < 1.29 is 0 Å². The van der Waals surface area contributed by atoms with E-state index < -0.39 is 0 Å². The Hall–Kier alpha value is 0.310. The first kappa shape index (κ1) is 17.3. The molecule has 0 aromatic heterocycles. The van der Waals surface area contributed by atoms with Crippen LogP contribution >= 0.6 is 11.8 Å². The molecule has 2 unspecified atom stereocenters. The van der Waals surface area contributed by atoms with Crippen LogP contribution in [0.4, 0.5) is 0 Å². The van der Waals surface area contributed by atoms with E-state index >= 15 is 0 Å². The lowest BCUT2D eigenvalue weighted by molar-refractivity contribution is 0.381. The Morgan fingerprint density at radius 1 is 1.00 bits per heavy atom. The summed E-state index contributed by atoms with van der Waals surface area (Å²) in [7, 11) is 0. The minimum absolute atomic E-state index is 0.746. The summed E-state index contributed by atoms with van der Waals surface area (Å²) in [5.41, 5.74) is 0. The number of nitrogens with one attached hydrogen (secondary N) is 1. The summed E-state index contributed by atoms with van der Waals surface area (Å²) in [6.07, 6.45) is 11.7. The van der Waals surface area contributed by atoms with Crippen molar-refractivity contribution in [1.82, 2.24) is 5.32 Å². The second-order valence-electron chi connectivity index (χ2n) is 5.22. The van der Waals surface area contributed by atoms with Gasteiger partial charge in [0.2, 0.25) is 0 Å². The summed E-state index contributed by atoms with van der Waals surface area (Å²) in [6.45, 7) is 8.18. The number of rotatable bonds is 12. The van der Waals surface area contributed by atoms with Crippen LogP contribution in [0.25, 0.3) is 0 Å². The number of hydrogen-bond donors (Lipinski definition) is 1. The fourth-order valence-electron chi connectivity index (χ4n) is 2.08. The van der Waals surface area contributed by atoms with Gasteiger partial charge in [0.25, 0.3) is 0 Å². The highest BCUT2D eigenvalue weighted by Crippen LogP contribution is 2.12. The summed E-state index contributed by atoms with van der Waals surface area (Å²) in [6, 6.07) is 0.746. The molecule has 17 heavy (non-hydrogen) atoms. The largest absolute Gasteiger partial charge is 0.314 e. The summed E-state index contributed by atoms with van der Waals surface area (Å²) in [5.74, 6) is 2.20. The fourth-order valence-corrected chi connectivity index (χ4v) is 2.57. The second-order valence-corrected chi connectivity index (χ2v) is 6.20. The van der Waals surface area contributed by atoms with Crippen molar-refractivity contribution in [2.45, 2.75) is 71.8 Å². The molecule has 2 heteroatoms. The minimum atomic E-state index is 0.746. The van der Waals surface area contributed by atoms with Crippen LogP contribution in [0.3, 0.4) is 0 Å². The maximum Gasteiger partial charge on any atom is 0.00669 e. The van der Waals surface area contributed by atoms with Gasteiger partial charge in [0.1, 0.15) is 0 Å². The lowest BCUT2D eigenvalue weighted by Gasteiger charge is -2.20. The van der Waals surface area contributed by atoms with Gasteiger partial charge in [-0.1, -0.05) is 40.0 Å². The molecule has 0 spiro atoms. The van der Waals surface area contributed by atoms with Gasteiger partial charge in [-0.2, -0.15) is 11.8 Å². The van der Waals surface area contributed by atoms with E-state index in [2.05, 4.69) is 32.3 Å². The molecule has 0 bridgehead atoms. The average Bonchev–Trinajstić information content (AvgIpc) is 2.35. The minimum Gasteiger partial charge on any atom is -0.314 e. The van der Waals surface area contributed by atoms with Crippen LogP contribution in [0.15, 0.2) is 0 Å². The van der Waals surface area contributed by atoms with Crippen molar-refractivity contribution in [2.75, 3.05) is 18.6 Å². The maximum absolute atomic E-state index is 3.72. The topological polar surface area (TPSA) is 12.0 Å². The van der Waals surface area contributed by atoms with E-state index in [0.717, 1.165) is 12.0 Å². The molecule has 0 aliphatic rings. The number of unbranched alkanes of at least 4 members (excludes halogenated alkanes) is 3. The lowest BCUT2D eigenvalue weighted by Crippen LogP contribution is -2.30. The summed E-state index contributed by atoms with van der Waals surface area (Å²) in [5, 5.41) is 3.72. The van der Waals surface area contributed by atoms with E-state index in [4.69, 9.17) is 0 Å². The molecule has 0 aromatic carbocycles. The van der Waals surface area contributed by atoms with Crippen LogP contribution < -0.4 is 5.32 Å². The molecule has 0 aliphatic carbocycles. The zero-order valence-corrected chi connectivity index (χ0v) is 13.2. The van der Waals surface area contributed by atoms with E-state index in [0.29, 0.717) is 0 Å². The molecule has 1 N–H and O–H groups in total. The van der Waals surface area contributed by atoms with Gasteiger partial charge in [0.05, 0.1) is 0 Å². The Bertz CT molecular complexity index is 150. The molecular weight excluding hydrogens is 226 g/mol. The quantitative estimate of drug-likeness (QED) is 0.509. The molecule has 0 aliphatic heterocycles. The van der Waals surface area contributed by atoms with Crippen LogP contribution in [-0.4, -0.2) is 24.6 Å². The molecule has 0 radical (unpaired) electrons. The van der Waals surface area contributed by atoms with Crippen LogP contribution in [0.5, 0.6) is 0 Å². The van der Waals surface area contributed by atoms with E-state index in [1.165, 1.54) is 57.2 Å². The smallest absolute Gasteiger partial charge is 0.00669 e. The maximum atomic E-state index is 3.72. The Labute approximate surface area is 114 Å². The van der Waals surface area contributed by atoms with E-state index in [1.807, 2.05) is 11.8 Å². The molecular formula is C15H33NS. The normalized spacial score (nSPS) is 14.8. The first-order chi connectivity index (χ1) is 8.24. The second kappa shape index (κ2) is 12.8. The molecule has 104 valence electrons. The molecule has 0 aromatic rings. The van der Waals surface area contributed by atoms with E-state index in [1.54, 1.807) is 0 Å². The van der Waals surface area contributed by atoms with Crippen molar-refractivity contribution >= 4 is 11.8 Å². The van der Waals surface area contributed by atoms with Gasteiger partial charge in [0.15, 0.2) is 0 Å². The van der Waals surface area contributed by atoms with E-state index in [-0.39, 0.29) is 0 Å². The lowest BCUT2D eigenvalue weighted by atomic mass is 9.98. The molecule has 1 nitrogen and oxygen atoms in total. The Kier molecular flexibility index (Phi) is 13.0. The van der Waals surface area contributed by atoms with Crippen molar-refractivity contribution in [2.24, 2.45) is 5.92 Å². The fraction of sp³-hybridized carbons (Fsp3) is 1.00. The van der Waals surface area contributed by atoms with Crippen molar-refractivity contribution in [3.8, 4) is 0 Å². The Balaban J connectivity index is 3.37. The third-order valence-corrected chi connectivity index (χ3v) is 4.28. The number of thioether (sulfide) groups is 1. The number of hydrogen-bond acceptors (Lipinski definition) is 2. The highest BCUT2D eigenvalue weighted by atomic mass is 32.2. The van der Waals surface area contributed by atoms with Gasteiger partial charge in [-0.3, -0.25) is 0 Å². The van der Waals surface area contributed by atoms with Crippen molar-refractivity contribution in [1.29, 1.82) is 0 Å². The van der Waals surface area contributed by atoms with Gasteiger partial charge in [-0.25, -0.2) is 0 Å². The molecule has 0 heterocycles. The van der Waals surface area contributed by atoms with Gasteiger partial charge in [-0.15, -0.1) is 0 Å². The highest BCUT2D eigenvalue weighted by Gasteiger charge is 2.08. The van der Waals surface area contributed by atoms with Gasteiger partial charge >= 0.3 is 0 Å². The zero-order chi connectivity index (χ0) is 12.9. The van der Waals surface area contributed by atoms with E-state index in [9.17, 15) is 0 Å².